The van der Waals surface area contributed by atoms with Gasteiger partial charge in [-0.1, -0.05) is 15.9 Å². The molecular formula is C18H19BrN2O4. The molecule has 0 atom stereocenters. The maximum Gasteiger partial charge on any atom is 0.289 e. The number of nitrogens with zero attached hydrogens (tertiary/aromatic N) is 1. The van der Waals surface area contributed by atoms with Crippen molar-refractivity contribution in [2.75, 3.05) is 19.7 Å². The van der Waals surface area contributed by atoms with Crippen molar-refractivity contribution < 1.29 is 18.7 Å². The zero-order valence-electron chi connectivity index (χ0n) is 13.6. The highest BCUT2D eigenvalue weighted by atomic mass is 79.9. The Hall–Kier alpha value is -2.28. The largest absolute Gasteiger partial charge is 0.484 e. The Morgan fingerprint density at radius 2 is 1.92 bits per heavy atom. The zero-order valence-corrected chi connectivity index (χ0v) is 15.2. The molecule has 1 aromatic heterocycles. The molecule has 132 valence electrons. The second kappa shape index (κ2) is 8.20. The van der Waals surface area contributed by atoms with Crippen molar-refractivity contribution in [2.24, 2.45) is 0 Å². The molecule has 0 radical (unpaired) electrons. The Morgan fingerprint density at radius 3 is 2.56 bits per heavy atom. The van der Waals surface area contributed by atoms with Gasteiger partial charge < -0.3 is 19.4 Å². The lowest BCUT2D eigenvalue weighted by Gasteiger charge is -2.31. The van der Waals surface area contributed by atoms with Crippen molar-refractivity contribution in [1.29, 1.82) is 0 Å². The number of furan rings is 1. The van der Waals surface area contributed by atoms with Crippen LogP contribution in [0.3, 0.4) is 0 Å². The van der Waals surface area contributed by atoms with Crippen molar-refractivity contribution in [2.45, 2.75) is 18.9 Å². The number of amides is 2. The highest BCUT2D eigenvalue weighted by Crippen LogP contribution is 2.16. The molecule has 0 unspecified atom stereocenters. The van der Waals surface area contributed by atoms with E-state index in [4.69, 9.17) is 9.15 Å². The topological polar surface area (TPSA) is 71.8 Å². The summed E-state index contributed by atoms with van der Waals surface area (Å²) in [5.74, 6) is 0.745. The number of hydrogen-bond acceptors (Lipinski definition) is 4. The van der Waals surface area contributed by atoms with Crippen LogP contribution in [0.15, 0.2) is 51.6 Å². The highest BCUT2D eigenvalue weighted by Gasteiger charge is 2.25. The third-order valence-corrected chi connectivity index (χ3v) is 4.59. The molecule has 1 aliphatic heterocycles. The average Bonchev–Trinajstić information content (AvgIpc) is 3.16. The molecule has 0 bridgehead atoms. The lowest BCUT2D eigenvalue weighted by Crippen LogP contribution is -2.47. The van der Waals surface area contributed by atoms with E-state index in [1.54, 1.807) is 29.2 Å². The first-order valence-electron chi connectivity index (χ1n) is 8.12. The molecule has 1 N–H and O–H groups in total. The fourth-order valence-electron chi connectivity index (χ4n) is 2.73. The van der Waals surface area contributed by atoms with Crippen LogP contribution in [-0.2, 0) is 4.79 Å². The smallest absolute Gasteiger partial charge is 0.289 e. The number of piperidine rings is 1. The molecule has 2 amide bonds. The van der Waals surface area contributed by atoms with Gasteiger partial charge in [0.2, 0.25) is 0 Å². The third-order valence-electron chi connectivity index (χ3n) is 4.06. The molecule has 1 fully saturated rings. The average molecular weight is 407 g/mol. The summed E-state index contributed by atoms with van der Waals surface area (Å²) in [5.41, 5.74) is 0. The van der Waals surface area contributed by atoms with Crippen LogP contribution in [0.1, 0.15) is 23.4 Å². The summed E-state index contributed by atoms with van der Waals surface area (Å²) in [6.45, 7) is 1.17. The molecule has 2 aromatic rings. The lowest BCUT2D eigenvalue weighted by atomic mass is 10.0. The van der Waals surface area contributed by atoms with Crippen molar-refractivity contribution in [3.05, 3.63) is 52.9 Å². The first-order chi connectivity index (χ1) is 12.1. The number of halogens is 1. The maximum absolute atomic E-state index is 12.2. The van der Waals surface area contributed by atoms with Gasteiger partial charge in [0.1, 0.15) is 5.75 Å². The van der Waals surface area contributed by atoms with Gasteiger partial charge in [-0.25, -0.2) is 0 Å². The minimum Gasteiger partial charge on any atom is -0.484 e. The van der Waals surface area contributed by atoms with E-state index in [-0.39, 0.29) is 24.5 Å². The zero-order chi connectivity index (χ0) is 17.6. The summed E-state index contributed by atoms with van der Waals surface area (Å²) >= 11 is 3.35. The maximum atomic E-state index is 12.2. The number of ether oxygens (including phenoxy) is 1. The number of rotatable bonds is 5. The molecule has 1 saturated heterocycles. The quantitative estimate of drug-likeness (QED) is 0.828. The van der Waals surface area contributed by atoms with Gasteiger partial charge >= 0.3 is 0 Å². The van der Waals surface area contributed by atoms with Gasteiger partial charge in [0.05, 0.1) is 6.26 Å². The van der Waals surface area contributed by atoms with E-state index in [1.807, 2.05) is 12.1 Å². The van der Waals surface area contributed by atoms with Crippen LogP contribution in [0, 0.1) is 0 Å². The summed E-state index contributed by atoms with van der Waals surface area (Å²) < 4.78 is 11.6. The predicted molar refractivity (Wildman–Crippen MR) is 95.4 cm³/mol. The predicted octanol–water partition coefficient (Wildman–Crippen LogP) is 2.84. The van der Waals surface area contributed by atoms with Crippen molar-refractivity contribution in [1.82, 2.24) is 10.2 Å². The van der Waals surface area contributed by atoms with E-state index in [0.717, 1.165) is 17.3 Å². The minimum atomic E-state index is -0.154. The first-order valence-corrected chi connectivity index (χ1v) is 8.91. The van der Waals surface area contributed by atoms with Crippen LogP contribution in [0.2, 0.25) is 0 Å². The van der Waals surface area contributed by atoms with Gasteiger partial charge in [0, 0.05) is 23.6 Å². The summed E-state index contributed by atoms with van der Waals surface area (Å²) in [6.07, 6.45) is 2.93. The van der Waals surface area contributed by atoms with Crippen LogP contribution in [0.5, 0.6) is 5.75 Å². The van der Waals surface area contributed by atoms with Gasteiger partial charge in [-0.15, -0.1) is 0 Å². The molecule has 0 saturated carbocycles. The Bertz CT molecular complexity index is 707. The van der Waals surface area contributed by atoms with Gasteiger partial charge in [-0.05, 0) is 49.2 Å². The molecule has 1 aliphatic rings. The fourth-order valence-corrected chi connectivity index (χ4v) is 3.00. The number of nitrogens with one attached hydrogen (secondary N) is 1. The van der Waals surface area contributed by atoms with E-state index in [2.05, 4.69) is 21.2 Å². The molecule has 0 spiro atoms. The van der Waals surface area contributed by atoms with E-state index >= 15 is 0 Å². The van der Waals surface area contributed by atoms with Gasteiger partial charge in [-0.3, -0.25) is 9.59 Å². The molecule has 25 heavy (non-hydrogen) atoms. The van der Waals surface area contributed by atoms with Crippen LogP contribution >= 0.6 is 15.9 Å². The van der Waals surface area contributed by atoms with Gasteiger partial charge in [-0.2, -0.15) is 0 Å². The Kier molecular flexibility index (Phi) is 5.75. The minimum absolute atomic E-state index is 0.0207. The number of carbonyl (C=O) groups is 2. The third kappa shape index (κ3) is 4.85. The normalized spacial score (nSPS) is 15.0. The van der Waals surface area contributed by atoms with E-state index in [0.29, 0.717) is 24.6 Å². The molecule has 2 heterocycles. The summed E-state index contributed by atoms with van der Waals surface area (Å²) in [7, 11) is 0. The highest BCUT2D eigenvalue weighted by molar-refractivity contribution is 9.10. The summed E-state index contributed by atoms with van der Waals surface area (Å²) in [5, 5.41) is 2.96. The van der Waals surface area contributed by atoms with Crippen molar-refractivity contribution in [3.63, 3.8) is 0 Å². The Labute approximate surface area is 154 Å². The van der Waals surface area contributed by atoms with Crippen LogP contribution < -0.4 is 10.1 Å². The van der Waals surface area contributed by atoms with Gasteiger partial charge in [0.15, 0.2) is 12.4 Å². The number of carbonyl (C=O) groups excluding carboxylic acids is 2. The van der Waals surface area contributed by atoms with E-state index in [9.17, 15) is 9.59 Å². The lowest BCUT2D eigenvalue weighted by molar-refractivity contribution is -0.124. The van der Waals surface area contributed by atoms with Crippen molar-refractivity contribution >= 4 is 27.7 Å². The molecule has 0 aliphatic carbocycles. The van der Waals surface area contributed by atoms with E-state index < -0.39 is 0 Å². The fraction of sp³-hybridized carbons (Fsp3) is 0.333. The van der Waals surface area contributed by atoms with E-state index in [1.165, 1.54) is 6.26 Å². The first kappa shape index (κ1) is 17.5. The Morgan fingerprint density at radius 1 is 1.20 bits per heavy atom. The Balaban J connectivity index is 1.40. The molecule has 6 nitrogen and oxygen atoms in total. The standard InChI is InChI=1S/C18H19BrN2O4/c19-13-3-5-15(6-4-13)25-12-17(22)20-14-7-9-21(10-8-14)18(23)16-2-1-11-24-16/h1-6,11,14H,7-10,12H2,(H,20,22). The number of benzene rings is 1. The molecule has 3 rings (SSSR count). The second-order valence-electron chi connectivity index (χ2n) is 5.85. The second-order valence-corrected chi connectivity index (χ2v) is 6.77. The summed E-state index contributed by atoms with van der Waals surface area (Å²) in [6, 6.07) is 10.7. The number of hydrogen-bond donors (Lipinski definition) is 1. The van der Waals surface area contributed by atoms with Crippen LogP contribution in [0.4, 0.5) is 0 Å². The number of likely N-dealkylation sites (tertiary alicyclic amines) is 1. The molecular weight excluding hydrogens is 388 g/mol. The summed E-state index contributed by atoms with van der Waals surface area (Å²) in [4.78, 5) is 26.0. The SMILES string of the molecule is O=C(COc1ccc(Br)cc1)NC1CCN(C(=O)c2ccco2)CC1. The molecule has 7 heteroatoms. The monoisotopic (exact) mass is 406 g/mol. The van der Waals surface area contributed by atoms with Crippen LogP contribution in [0.25, 0.3) is 0 Å². The van der Waals surface area contributed by atoms with Crippen LogP contribution in [-0.4, -0.2) is 42.5 Å². The van der Waals surface area contributed by atoms with Crippen molar-refractivity contribution in [3.8, 4) is 5.75 Å². The molecule has 1 aromatic carbocycles. The van der Waals surface area contributed by atoms with Gasteiger partial charge in [0.25, 0.3) is 11.8 Å².